The second kappa shape index (κ2) is 12.0. The van der Waals surface area contributed by atoms with E-state index in [2.05, 4.69) is 23.3 Å². The molecule has 0 heterocycles. The van der Waals surface area contributed by atoms with Gasteiger partial charge in [-0.1, -0.05) is 36.4 Å². The molecule has 0 bridgehead atoms. The number of alkyl carbamates (subject to hydrolysis) is 1. The number of para-hydroxylation sites is 2. The smallest absolute Gasteiger partial charge is 0.408 e. The Kier molecular flexibility index (Phi) is 9.59. The summed E-state index contributed by atoms with van der Waals surface area (Å²) in [5.41, 5.74) is 0.944. The Morgan fingerprint density at radius 1 is 1.06 bits per heavy atom. The highest BCUT2D eigenvalue weighted by Crippen LogP contribution is 2.32. The maximum absolute atomic E-state index is 13.7. The summed E-state index contributed by atoms with van der Waals surface area (Å²) < 4.78 is 5.29. The van der Waals surface area contributed by atoms with E-state index < -0.39 is 41.6 Å². The monoisotopic (exact) mass is 501 g/mol. The zero-order valence-corrected chi connectivity index (χ0v) is 21.9. The third-order valence-electron chi connectivity index (χ3n) is 5.14. The van der Waals surface area contributed by atoms with Crippen LogP contribution in [0.5, 0.6) is 5.75 Å². The molecular formula is C26H35N3O5S. The Morgan fingerprint density at radius 3 is 2.20 bits per heavy atom. The second-order valence-electron chi connectivity index (χ2n) is 9.49. The fourth-order valence-corrected chi connectivity index (χ4v) is 3.79. The molecule has 2 atom stereocenters. The van der Waals surface area contributed by atoms with Gasteiger partial charge in [-0.25, -0.2) is 4.79 Å². The van der Waals surface area contributed by atoms with Crippen LogP contribution in [0.4, 0.5) is 10.5 Å². The van der Waals surface area contributed by atoms with Crippen molar-refractivity contribution in [3.8, 4) is 5.75 Å². The summed E-state index contributed by atoms with van der Waals surface area (Å²) in [5, 5.41) is 16.0. The molecule has 9 heteroatoms. The van der Waals surface area contributed by atoms with Gasteiger partial charge in [0.1, 0.15) is 23.4 Å². The first-order valence-electron chi connectivity index (χ1n) is 11.4. The van der Waals surface area contributed by atoms with Gasteiger partial charge in [-0.3, -0.25) is 9.59 Å². The summed E-state index contributed by atoms with van der Waals surface area (Å²) in [7, 11) is 0. The second-order valence-corrected chi connectivity index (χ2v) is 9.85. The van der Waals surface area contributed by atoms with Crippen molar-refractivity contribution in [2.45, 2.75) is 65.3 Å². The van der Waals surface area contributed by atoms with Gasteiger partial charge in [-0.2, -0.15) is 12.6 Å². The van der Waals surface area contributed by atoms with Gasteiger partial charge in [0, 0.05) is 23.0 Å². The van der Waals surface area contributed by atoms with E-state index in [1.165, 1.54) is 11.0 Å². The number of aryl methyl sites for hydroxylation is 1. The summed E-state index contributed by atoms with van der Waals surface area (Å²) >= 11 is 4.26. The molecule has 0 aromatic heterocycles. The van der Waals surface area contributed by atoms with E-state index in [4.69, 9.17) is 4.74 Å². The van der Waals surface area contributed by atoms with E-state index in [1.54, 1.807) is 65.0 Å². The minimum Gasteiger partial charge on any atom is -0.508 e. The lowest BCUT2D eigenvalue weighted by atomic mass is 10.00. The first-order chi connectivity index (χ1) is 16.4. The number of ether oxygens (including phenoxy) is 1. The van der Waals surface area contributed by atoms with Gasteiger partial charge < -0.3 is 25.4 Å². The first-order valence-corrected chi connectivity index (χ1v) is 12.1. The van der Waals surface area contributed by atoms with Crippen LogP contribution in [0, 0.1) is 6.92 Å². The predicted molar refractivity (Wildman–Crippen MR) is 140 cm³/mol. The molecule has 2 rings (SSSR count). The standard InChI is InChI=1S/C26H35N3O5S/c1-16(2)29(24(32)20(15-35)28-25(33)34-26(4,5)6)22(18-12-8-10-14-21(18)30)23(31)27-19-13-9-7-11-17(19)3/h7-14,16,20,22,30,35H,15H2,1-6H3,(H,27,31)(H,28,33). The average molecular weight is 502 g/mol. The van der Waals surface area contributed by atoms with Crippen LogP contribution in [-0.4, -0.2) is 51.4 Å². The van der Waals surface area contributed by atoms with E-state index in [1.807, 2.05) is 19.1 Å². The molecule has 0 aliphatic rings. The summed E-state index contributed by atoms with van der Waals surface area (Å²) in [6.45, 7) is 10.5. The molecule has 2 unspecified atom stereocenters. The average Bonchev–Trinajstić information content (AvgIpc) is 2.76. The quantitative estimate of drug-likeness (QED) is 0.400. The topological polar surface area (TPSA) is 108 Å². The fraction of sp³-hybridized carbons (Fsp3) is 0.423. The number of amides is 3. The highest BCUT2D eigenvalue weighted by Gasteiger charge is 2.38. The van der Waals surface area contributed by atoms with E-state index in [0.29, 0.717) is 5.69 Å². The molecule has 0 saturated heterocycles. The number of aromatic hydroxyl groups is 1. The van der Waals surface area contributed by atoms with Gasteiger partial charge in [0.2, 0.25) is 5.91 Å². The number of benzene rings is 2. The van der Waals surface area contributed by atoms with Crippen LogP contribution in [0.15, 0.2) is 48.5 Å². The van der Waals surface area contributed by atoms with E-state index >= 15 is 0 Å². The van der Waals surface area contributed by atoms with Crippen molar-refractivity contribution in [1.82, 2.24) is 10.2 Å². The number of hydrogen-bond acceptors (Lipinski definition) is 6. The highest BCUT2D eigenvalue weighted by molar-refractivity contribution is 7.80. The molecule has 0 fully saturated rings. The van der Waals surface area contributed by atoms with Crippen LogP contribution < -0.4 is 10.6 Å². The molecule has 0 aliphatic heterocycles. The molecule has 8 nitrogen and oxygen atoms in total. The number of nitrogens with one attached hydrogen (secondary N) is 2. The molecule has 3 N–H and O–H groups in total. The zero-order chi connectivity index (χ0) is 26.3. The van der Waals surface area contributed by atoms with Crippen molar-refractivity contribution in [3.63, 3.8) is 0 Å². The van der Waals surface area contributed by atoms with E-state index in [9.17, 15) is 19.5 Å². The van der Waals surface area contributed by atoms with Gasteiger partial charge in [0.05, 0.1) is 0 Å². The summed E-state index contributed by atoms with van der Waals surface area (Å²) in [4.78, 5) is 41.1. The van der Waals surface area contributed by atoms with Crippen LogP contribution >= 0.6 is 12.6 Å². The van der Waals surface area contributed by atoms with E-state index in [0.717, 1.165) is 5.56 Å². The fourth-order valence-electron chi connectivity index (χ4n) is 3.55. The Morgan fingerprint density at radius 2 is 1.66 bits per heavy atom. The van der Waals surface area contributed by atoms with Crippen LogP contribution in [0.2, 0.25) is 0 Å². The largest absolute Gasteiger partial charge is 0.508 e. The lowest BCUT2D eigenvalue weighted by Gasteiger charge is -2.37. The molecule has 0 radical (unpaired) electrons. The molecule has 0 saturated carbocycles. The Bertz CT molecular complexity index is 1050. The maximum Gasteiger partial charge on any atom is 0.408 e. The molecule has 35 heavy (non-hydrogen) atoms. The minimum absolute atomic E-state index is 0.0196. The van der Waals surface area contributed by atoms with Gasteiger partial charge in [-0.15, -0.1) is 0 Å². The Balaban J connectivity index is 2.48. The van der Waals surface area contributed by atoms with Crippen molar-refractivity contribution in [2.24, 2.45) is 0 Å². The molecule has 0 spiro atoms. The number of hydrogen-bond donors (Lipinski definition) is 4. The van der Waals surface area contributed by atoms with Gasteiger partial charge in [0.25, 0.3) is 5.91 Å². The van der Waals surface area contributed by atoms with Crippen LogP contribution in [0.3, 0.4) is 0 Å². The lowest BCUT2D eigenvalue weighted by molar-refractivity contribution is -0.142. The van der Waals surface area contributed by atoms with Gasteiger partial charge in [-0.05, 0) is 59.2 Å². The number of rotatable bonds is 8. The molecule has 2 aromatic rings. The zero-order valence-electron chi connectivity index (χ0n) is 21.0. The van der Waals surface area contributed by atoms with Crippen molar-refractivity contribution in [2.75, 3.05) is 11.1 Å². The number of phenolic OH excluding ortho intramolecular Hbond substituents is 1. The number of phenols is 1. The molecule has 3 amide bonds. The maximum atomic E-state index is 13.7. The third-order valence-corrected chi connectivity index (χ3v) is 5.51. The summed E-state index contributed by atoms with van der Waals surface area (Å²) in [5.74, 6) is -1.18. The predicted octanol–water partition coefficient (Wildman–Crippen LogP) is 4.44. The van der Waals surface area contributed by atoms with Crippen LogP contribution in [0.1, 0.15) is 51.8 Å². The normalized spacial score (nSPS) is 13.0. The molecule has 2 aromatic carbocycles. The number of carbonyl (C=O) groups excluding carboxylic acids is 3. The van der Waals surface area contributed by atoms with E-state index in [-0.39, 0.29) is 17.1 Å². The number of nitrogens with zero attached hydrogens (tertiary/aromatic N) is 1. The highest BCUT2D eigenvalue weighted by atomic mass is 32.1. The number of anilines is 1. The van der Waals surface area contributed by atoms with Crippen molar-refractivity contribution in [1.29, 1.82) is 0 Å². The molecule has 190 valence electrons. The van der Waals surface area contributed by atoms with Gasteiger partial charge >= 0.3 is 6.09 Å². The number of thiol groups is 1. The third kappa shape index (κ3) is 7.65. The van der Waals surface area contributed by atoms with Crippen molar-refractivity contribution >= 4 is 36.2 Å². The molecular weight excluding hydrogens is 466 g/mol. The summed E-state index contributed by atoms with van der Waals surface area (Å²) in [6, 6.07) is 10.9. The molecule has 0 aliphatic carbocycles. The minimum atomic E-state index is -1.17. The van der Waals surface area contributed by atoms with Crippen molar-refractivity contribution in [3.05, 3.63) is 59.7 Å². The van der Waals surface area contributed by atoms with Crippen molar-refractivity contribution < 1.29 is 24.2 Å². The Labute approximate surface area is 212 Å². The Hall–Kier alpha value is -3.20. The van der Waals surface area contributed by atoms with Crippen LogP contribution in [0.25, 0.3) is 0 Å². The van der Waals surface area contributed by atoms with Crippen LogP contribution in [-0.2, 0) is 14.3 Å². The number of carbonyl (C=O) groups is 3. The summed E-state index contributed by atoms with van der Waals surface area (Å²) in [6.07, 6.45) is -0.767. The lowest BCUT2D eigenvalue weighted by Crippen LogP contribution is -2.55. The van der Waals surface area contributed by atoms with Gasteiger partial charge in [0.15, 0.2) is 0 Å². The first kappa shape index (κ1) is 28.0. The SMILES string of the molecule is Cc1ccccc1NC(=O)C(c1ccccc1O)N(C(=O)C(CS)NC(=O)OC(C)(C)C)C(C)C.